The van der Waals surface area contributed by atoms with Gasteiger partial charge in [0.05, 0.1) is 16.1 Å². The Kier molecular flexibility index (Phi) is 6.80. The number of piperidine rings is 1. The van der Waals surface area contributed by atoms with Gasteiger partial charge in [0.2, 0.25) is 0 Å². The van der Waals surface area contributed by atoms with Crippen molar-refractivity contribution < 1.29 is 13.2 Å². The van der Waals surface area contributed by atoms with E-state index < -0.39 is 15.9 Å². The fourth-order valence-electron chi connectivity index (χ4n) is 3.93. The predicted molar refractivity (Wildman–Crippen MR) is 130 cm³/mol. The Morgan fingerprint density at radius 2 is 2.16 bits per heavy atom. The maximum atomic E-state index is 13.1. The normalized spacial score (nSPS) is 18.5. The molecule has 0 bridgehead atoms. The van der Waals surface area contributed by atoms with Gasteiger partial charge in [0.1, 0.15) is 4.21 Å². The van der Waals surface area contributed by atoms with E-state index >= 15 is 0 Å². The van der Waals surface area contributed by atoms with E-state index in [0.717, 1.165) is 10.2 Å². The highest BCUT2D eigenvalue weighted by Crippen LogP contribution is 2.27. The van der Waals surface area contributed by atoms with Crippen LogP contribution in [0.2, 0.25) is 0 Å². The highest BCUT2D eigenvalue weighted by atomic mass is 32.2. The van der Waals surface area contributed by atoms with Crippen LogP contribution in [0.15, 0.2) is 57.6 Å². The zero-order valence-electron chi connectivity index (χ0n) is 18.2. The largest absolute Gasteiger partial charge is 0.313 e. The molecule has 1 unspecified atom stereocenters. The van der Waals surface area contributed by atoms with Crippen LogP contribution in [-0.2, 0) is 21.4 Å². The molecule has 2 aromatic heterocycles. The number of benzene rings is 1. The quantitative estimate of drug-likeness (QED) is 0.475. The Labute approximate surface area is 196 Å². The number of carbonyl (C=O) groups excluding carboxylic acids is 1. The number of aromatic nitrogens is 1. The number of rotatable bonds is 6. The van der Waals surface area contributed by atoms with E-state index in [1.54, 1.807) is 23.6 Å². The van der Waals surface area contributed by atoms with Gasteiger partial charge in [-0.2, -0.15) is 9.30 Å². The molecule has 1 aromatic carbocycles. The topological polar surface area (TPSA) is 71.7 Å². The number of hydrogen-bond acceptors (Lipinski definition) is 5. The average Bonchev–Trinajstić information content (AvgIpc) is 3.43. The Morgan fingerprint density at radius 1 is 1.34 bits per heavy atom. The van der Waals surface area contributed by atoms with Crippen LogP contribution in [-0.4, -0.2) is 36.3 Å². The first-order chi connectivity index (χ1) is 15.3. The maximum absolute atomic E-state index is 13.1. The van der Waals surface area contributed by atoms with E-state index in [1.807, 2.05) is 4.57 Å². The summed E-state index contributed by atoms with van der Waals surface area (Å²) in [6, 6.07) is 9.67. The van der Waals surface area contributed by atoms with E-state index in [2.05, 4.69) is 43.6 Å². The number of thiophene rings is 1. The maximum Gasteiger partial charge on any atom is 0.252 e. The molecule has 3 heterocycles. The fraction of sp³-hybridized carbons (Fsp3) is 0.391. The summed E-state index contributed by atoms with van der Waals surface area (Å²) in [5.41, 5.74) is 2.26. The summed E-state index contributed by atoms with van der Waals surface area (Å²) in [7, 11) is -3.57. The van der Waals surface area contributed by atoms with Crippen LogP contribution in [0.5, 0.6) is 0 Å². The molecule has 4 rings (SSSR count). The molecule has 1 saturated heterocycles. The number of allylic oxidation sites excluding steroid dienone is 1. The summed E-state index contributed by atoms with van der Waals surface area (Å²) in [6.45, 7) is 9.31. The molecule has 0 aliphatic carbocycles. The molecular formula is C23H27N3O3S3. The smallest absolute Gasteiger partial charge is 0.252 e. The van der Waals surface area contributed by atoms with Gasteiger partial charge < -0.3 is 4.57 Å². The van der Waals surface area contributed by atoms with Gasteiger partial charge in [-0.25, -0.2) is 8.42 Å². The summed E-state index contributed by atoms with van der Waals surface area (Å²) >= 11 is 2.69. The van der Waals surface area contributed by atoms with Crippen molar-refractivity contribution >= 4 is 48.8 Å². The fourth-order valence-corrected chi connectivity index (χ4v) is 7.69. The molecule has 0 radical (unpaired) electrons. The number of amides is 1. The second-order valence-electron chi connectivity index (χ2n) is 8.25. The Morgan fingerprint density at radius 3 is 2.84 bits per heavy atom. The lowest BCUT2D eigenvalue weighted by atomic mass is 9.99. The minimum atomic E-state index is -3.57. The van der Waals surface area contributed by atoms with Gasteiger partial charge >= 0.3 is 0 Å². The molecule has 3 aromatic rings. The minimum absolute atomic E-state index is 0.173. The average molecular weight is 490 g/mol. The van der Waals surface area contributed by atoms with Crippen LogP contribution in [0, 0.1) is 5.92 Å². The van der Waals surface area contributed by atoms with E-state index in [9.17, 15) is 13.2 Å². The Hall–Kier alpha value is -2.07. The Balaban J connectivity index is 1.65. The molecule has 0 spiro atoms. The number of hydrogen-bond donors (Lipinski definition) is 0. The first-order valence-electron chi connectivity index (χ1n) is 10.7. The molecule has 0 N–H and O–H groups in total. The van der Waals surface area contributed by atoms with E-state index in [1.165, 1.54) is 32.5 Å². The van der Waals surface area contributed by atoms with Gasteiger partial charge in [-0.3, -0.25) is 4.79 Å². The van der Waals surface area contributed by atoms with Gasteiger partial charge in [-0.1, -0.05) is 43.4 Å². The van der Waals surface area contributed by atoms with E-state index in [4.69, 9.17) is 0 Å². The molecule has 6 nitrogen and oxygen atoms in total. The van der Waals surface area contributed by atoms with Crippen molar-refractivity contribution in [1.82, 2.24) is 8.87 Å². The third-order valence-electron chi connectivity index (χ3n) is 5.71. The van der Waals surface area contributed by atoms with Crippen molar-refractivity contribution in [2.45, 2.75) is 43.4 Å². The van der Waals surface area contributed by atoms with Crippen molar-refractivity contribution in [3.8, 4) is 0 Å². The molecule has 9 heteroatoms. The van der Waals surface area contributed by atoms with Crippen molar-refractivity contribution in [1.29, 1.82) is 0 Å². The van der Waals surface area contributed by atoms with Crippen molar-refractivity contribution in [2.24, 2.45) is 10.9 Å². The lowest BCUT2D eigenvalue weighted by Gasteiger charge is -2.29. The van der Waals surface area contributed by atoms with Gasteiger partial charge in [0.25, 0.3) is 15.9 Å². The number of thiazole rings is 1. The Bertz CT molecular complexity index is 1300. The van der Waals surface area contributed by atoms with Gasteiger partial charge in [-0.05, 0) is 47.9 Å². The molecule has 1 aliphatic heterocycles. The van der Waals surface area contributed by atoms with Crippen LogP contribution in [0.1, 0.15) is 38.2 Å². The number of fused-ring (bicyclic) bond motifs is 1. The molecule has 1 fully saturated rings. The van der Waals surface area contributed by atoms with E-state index in [-0.39, 0.29) is 12.5 Å². The summed E-state index contributed by atoms with van der Waals surface area (Å²) < 4.78 is 30.6. The number of sulfonamides is 1. The van der Waals surface area contributed by atoms with Crippen LogP contribution in [0.25, 0.3) is 10.2 Å². The molecule has 0 saturated carbocycles. The predicted octanol–water partition coefficient (Wildman–Crippen LogP) is 4.60. The highest BCUT2D eigenvalue weighted by Gasteiger charge is 2.33. The number of nitrogens with zero attached hydrogens (tertiary/aromatic N) is 3. The van der Waals surface area contributed by atoms with Crippen LogP contribution in [0.3, 0.4) is 0 Å². The second kappa shape index (κ2) is 9.43. The van der Waals surface area contributed by atoms with Crippen LogP contribution < -0.4 is 4.80 Å². The monoisotopic (exact) mass is 489 g/mol. The molecule has 170 valence electrons. The van der Waals surface area contributed by atoms with Gasteiger partial charge in [-0.15, -0.1) is 17.9 Å². The van der Waals surface area contributed by atoms with Gasteiger partial charge in [0.15, 0.2) is 4.80 Å². The van der Waals surface area contributed by atoms with Crippen molar-refractivity contribution in [2.75, 3.05) is 13.1 Å². The summed E-state index contributed by atoms with van der Waals surface area (Å²) in [5.74, 6) is -0.286. The SMILES string of the molecule is C=CCn1c(=NC(=O)C2CCCN(S(=O)(=O)c3cccs3)C2)sc2cc(C(C)C)ccc21. The molecule has 1 aliphatic rings. The standard InChI is InChI=1S/C23H27N3O3S3/c1-4-11-26-19-10-9-17(16(2)3)14-20(19)31-23(26)24-22(27)18-7-5-12-25(15-18)32(28,29)21-8-6-13-30-21/h4,6,8-10,13-14,16,18H,1,5,7,11-12,15H2,2-3H3. The molecule has 1 amide bonds. The third kappa shape index (κ3) is 4.52. The second-order valence-corrected chi connectivity index (χ2v) is 12.4. The molecule has 1 atom stereocenters. The van der Waals surface area contributed by atoms with E-state index in [0.29, 0.717) is 40.9 Å². The molecule has 32 heavy (non-hydrogen) atoms. The third-order valence-corrected chi connectivity index (χ3v) is 9.99. The molecular weight excluding hydrogens is 462 g/mol. The number of carbonyl (C=O) groups is 1. The first kappa shape index (κ1) is 23.1. The lowest BCUT2D eigenvalue weighted by molar-refractivity contribution is -0.122. The van der Waals surface area contributed by atoms with Crippen LogP contribution >= 0.6 is 22.7 Å². The summed E-state index contributed by atoms with van der Waals surface area (Å²) in [5, 5.41) is 1.75. The van der Waals surface area contributed by atoms with Crippen LogP contribution in [0.4, 0.5) is 0 Å². The lowest BCUT2D eigenvalue weighted by Crippen LogP contribution is -2.42. The zero-order valence-corrected chi connectivity index (χ0v) is 20.7. The van der Waals surface area contributed by atoms with Gasteiger partial charge in [0, 0.05) is 19.6 Å². The zero-order chi connectivity index (χ0) is 22.9. The van der Waals surface area contributed by atoms with Crippen molar-refractivity contribution in [3.05, 3.63) is 58.7 Å². The first-order valence-corrected chi connectivity index (χ1v) is 13.8. The highest BCUT2D eigenvalue weighted by molar-refractivity contribution is 7.91. The van der Waals surface area contributed by atoms with Crippen molar-refractivity contribution in [3.63, 3.8) is 0 Å². The minimum Gasteiger partial charge on any atom is -0.313 e. The summed E-state index contributed by atoms with van der Waals surface area (Å²) in [6.07, 6.45) is 3.08. The summed E-state index contributed by atoms with van der Waals surface area (Å²) in [4.78, 5) is 18.2.